The highest BCUT2D eigenvalue weighted by Crippen LogP contribution is 2.03. The van der Waals surface area contributed by atoms with Crippen molar-refractivity contribution in [2.75, 3.05) is 39.2 Å². The summed E-state index contributed by atoms with van der Waals surface area (Å²) < 4.78 is 0. The molecule has 0 saturated carbocycles. The number of nitrogens with two attached hydrogens (primary N) is 1. The Kier molecular flexibility index (Phi) is 7.78. The Balaban J connectivity index is 3.97. The minimum Gasteiger partial charge on any atom is -0.387 e. The minimum atomic E-state index is -0.932. The van der Waals surface area contributed by atoms with Crippen molar-refractivity contribution in [2.24, 2.45) is 5.73 Å². The summed E-state index contributed by atoms with van der Waals surface area (Å²) in [5.74, 6) is 0.668. The number of likely N-dealkylation sites (N-methyl/N-ethyl adjacent to an activating group) is 1. The SMILES string of the molecule is CSCC[C@H](N)C(=O)NCC(C)(O)CN(C)C. The van der Waals surface area contributed by atoms with Gasteiger partial charge >= 0.3 is 0 Å². The van der Waals surface area contributed by atoms with Crippen molar-refractivity contribution in [3.63, 3.8) is 0 Å². The number of hydrogen-bond acceptors (Lipinski definition) is 5. The van der Waals surface area contributed by atoms with Crippen molar-refractivity contribution < 1.29 is 9.90 Å². The summed E-state index contributed by atoms with van der Waals surface area (Å²) >= 11 is 1.66. The Labute approximate surface area is 108 Å². The molecule has 0 aromatic heterocycles. The number of aliphatic hydroxyl groups is 1. The van der Waals surface area contributed by atoms with Gasteiger partial charge in [0.2, 0.25) is 5.91 Å². The molecule has 102 valence electrons. The summed E-state index contributed by atoms with van der Waals surface area (Å²) in [5.41, 5.74) is 4.78. The van der Waals surface area contributed by atoms with Crippen LogP contribution in [-0.4, -0.2) is 66.7 Å². The quantitative estimate of drug-likeness (QED) is 0.550. The number of carbonyl (C=O) groups is 1. The zero-order valence-corrected chi connectivity index (χ0v) is 12.0. The molecule has 0 aliphatic carbocycles. The third-order valence-electron chi connectivity index (χ3n) is 2.27. The van der Waals surface area contributed by atoms with Gasteiger partial charge in [0.1, 0.15) is 0 Å². The minimum absolute atomic E-state index is 0.196. The molecular formula is C11H25N3O2S. The van der Waals surface area contributed by atoms with E-state index in [2.05, 4.69) is 5.32 Å². The third kappa shape index (κ3) is 8.43. The second kappa shape index (κ2) is 7.92. The number of thioether (sulfide) groups is 1. The summed E-state index contributed by atoms with van der Waals surface area (Å²) in [4.78, 5) is 13.5. The van der Waals surface area contributed by atoms with E-state index in [1.54, 1.807) is 18.7 Å². The van der Waals surface area contributed by atoms with Crippen LogP contribution >= 0.6 is 11.8 Å². The Hall–Kier alpha value is -0.300. The first-order chi connectivity index (χ1) is 7.78. The molecule has 0 spiro atoms. The molecule has 1 amide bonds. The highest BCUT2D eigenvalue weighted by Gasteiger charge is 2.23. The van der Waals surface area contributed by atoms with E-state index in [0.717, 1.165) is 5.75 Å². The monoisotopic (exact) mass is 263 g/mol. The number of carbonyl (C=O) groups excluding carboxylic acids is 1. The van der Waals surface area contributed by atoms with Crippen molar-refractivity contribution in [1.82, 2.24) is 10.2 Å². The normalized spacial score (nSPS) is 16.6. The number of rotatable bonds is 8. The van der Waals surface area contributed by atoms with Crippen LogP contribution in [0.5, 0.6) is 0 Å². The van der Waals surface area contributed by atoms with Gasteiger partial charge in [-0.15, -0.1) is 0 Å². The lowest BCUT2D eigenvalue weighted by Crippen LogP contribution is -2.50. The molecule has 0 aliphatic rings. The zero-order chi connectivity index (χ0) is 13.5. The van der Waals surface area contributed by atoms with Gasteiger partial charge in [-0.3, -0.25) is 4.79 Å². The van der Waals surface area contributed by atoms with Crippen LogP contribution < -0.4 is 11.1 Å². The molecule has 4 N–H and O–H groups in total. The van der Waals surface area contributed by atoms with Gasteiger partial charge in [0.15, 0.2) is 0 Å². The fourth-order valence-electron chi connectivity index (χ4n) is 1.52. The first kappa shape index (κ1) is 16.7. The van der Waals surface area contributed by atoms with E-state index in [1.807, 2.05) is 25.3 Å². The molecule has 0 radical (unpaired) electrons. The number of amides is 1. The van der Waals surface area contributed by atoms with Crippen molar-refractivity contribution in [2.45, 2.75) is 25.0 Å². The van der Waals surface area contributed by atoms with E-state index >= 15 is 0 Å². The Morgan fingerprint density at radius 2 is 2.18 bits per heavy atom. The van der Waals surface area contributed by atoms with Crippen LogP contribution in [0.1, 0.15) is 13.3 Å². The molecule has 6 heteroatoms. The maximum Gasteiger partial charge on any atom is 0.237 e. The maximum atomic E-state index is 11.6. The third-order valence-corrected chi connectivity index (χ3v) is 2.91. The lowest BCUT2D eigenvalue weighted by Gasteiger charge is -2.27. The molecular weight excluding hydrogens is 238 g/mol. The van der Waals surface area contributed by atoms with Crippen LogP contribution in [0.15, 0.2) is 0 Å². The molecule has 17 heavy (non-hydrogen) atoms. The van der Waals surface area contributed by atoms with Gasteiger partial charge in [0, 0.05) is 13.1 Å². The number of nitrogens with one attached hydrogen (secondary N) is 1. The van der Waals surface area contributed by atoms with Crippen molar-refractivity contribution >= 4 is 17.7 Å². The summed E-state index contributed by atoms with van der Waals surface area (Å²) in [6, 6.07) is -0.488. The van der Waals surface area contributed by atoms with Gasteiger partial charge in [-0.1, -0.05) is 0 Å². The molecule has 0 saturated heterocycles. The molecule has 2 atom stereocenters. The van der Waals surface area contributed by atoms with Gasteiger partial charge in [-0.2, -0.15) is 11.8 Å². The molecule has 0 aromatic rings. The highest BCUT2D eigenvalue weighted by molar-refractivity contribution is 7.98. The van der Waals surface area contributed by atoms with Crippen LogP contribution in [-0.2, 0) is 4.79 Å². The first-order valence-electron chi connectivity index (χ1n) is 5.68. The summed E-state index contributed by atoms with van der Waals surface area (Å²) in [5, 5.41) is 12.7. The first-order valence-corrected chi connectivity index (χ1v) is 7.07. The van der Waals surface area contributed by atoms with Gasteiger partial charge in [-0.05, 0) is 39.4 Å². The molecule has 0 rings (SSSR count). The standard InChI is InChI=1S/C11H25N3O2S/c1-11(16,8-14(2)3)7-13-10(15)9(12)5-6-17-4/h9,16H,5-8,12H2,1-4H3,(H,13,15)/t9-,11?/m0/s1. The van der Waals surface area contributed by atoms with Crippen molar-refractivity contribution in [3.8, 4) is 0 Å². The van der Waals surface area contributed by atoms with Crippen LogP contribution in [0.3, 0.4) is 0 Å². The van der Waals surface area contributed by atoms with Crippen LogP contribution in [0.25, 0.3) is 0 Å². The molecule has 0 aromatic carbocycles. The Morgan fingerprint density at radius 3 is 2.65 bits per heavy atom. The topological polar surface area (TPSA) is 78.6 Å². The second-order valence-corrected chi connectivity index (χ2v) is 5.83. The summed E-state index contributed by atoms with van der Waals surface area (Å²) in [7, 11) is 3.75. The molecule has 5 nitrogen and oxygen atoms in total. The fourth-order valence-corrected chi connectivity index (χ4v) is 2.01. The second-order valence-electron chi connectivity index (χ2n) is 4.84. The maximum absolute atomic E-state index is 11.6. The van der Waals surface area contributed by atoms with Crippen molar-refractivity contribution in [3.05, 3.63) is 0 Å². The predicted molar refractivity (Wildman–Crippen MR) is 73.2 cm³/mol. The smallest absolute Gasteiger partial charge is 0.237 e. The Bertz CT molecular complexity index is 235. The van der Waals surface area contributed by atoms with Crippen LogP contribution in [0.2, 0.25) is 0 Å². The lowest BCUT2D eigenvalue weighted by atomic mass is 10.1. The molecule has 0 bridgehead atoms. The van der Waals surface area contributed by atoms with Crippen molar-refractivity contribution in [1.29, 1.82) is 0 Å². The van der Waals surface area contributed by atoms with Gasteiger partial charge in [-0.25, -0.2) is 0 Å². The van der Waals surface area contributed by atoms with Gasteiger partial charge < -0.3 is 21.1 Å². The molecule has 0 fully saturated rings. The largest absolute Gasteiger partial charge is 0.387 e. The van der Waals surface area contributed by atoms with Gasteiger partial charge in [0.05, 0.1) is 11.6 Å². The number of hydrogen-bond donors (Lipinski definition) is 3. The Morgan fingerprint density at radius 1 is 1.59 bits per heavy atom. The van der Waals surface area contributed by atoms with E-state index in [4.69, 9.17) is 5.73 Å². The number of nitrogens with zero attached hydrogens (tertiary/aromatic N) is 1. The highest BCUT2D eigenvalue weighted by atomic mass is 32.2. The van der Waals surface area contributed by atoms with E-state index in [0.29, 0.717) is 13.0 Å². The molecule has 1 unspecified atom stereocenters. The predicted octanol–water partition coefficient (Wildman–Crippen LogP) is -0.504. The van der Waals surface area contributed by atoms with E-state index < -0.39 is 11.6 Å². The van der Waals surface area contributed by atoms with Crippen LogP contribution in [0, 0.1) is 0 Å². The van der Waals surface area contributed by atoms with E-state index in [1.165, 1.54) is 0 Å². The molecule has 0 heterocycles. The average molecular weight is 263 g/mol. The lowest BCUT2D eigenvalue weighted by molar-refractivity contribution is -0.123. The zero-order valence-electron chi connectivity index (χ0n) is 11.2. The van der Waals surface area contributed by atoms with E-state index in [9.17, 15) is 9.90 Å². The summed E-state index contributed by atoms with van der Waals surface area (Å²) in [6.45, 7) is 2.41. The molecule has 0 aliphatic heterocycles. The fraction of sp³-hybridized carbons (Fsp3) is 0.909. The van der Waals surface area contributed by atoms with E-state index in [-0.39, 0.29) is 12.5 Å². The van der Waals surface area contributed by atoms with Gasteiger partial charge in [0.25, 0.3) is 0 Å². The van der Waals surface area contributed by atoms with Crippen LogP contribution in [0.4, 0.5) is 0 Å². The summed E-state index contributed by atoms with van der Waals surface area (Å²) in [6.07, 6.45) is 2.63. The average Bonchev–Trinajstić information content (AvgIpc) is 2.20.